The van der Waals surface area contributed by atoms with E-state index < -0.39 is 10.0 Å². The predicted octanol–water partition coefficient (Wildman–Crippen LogP) is 2.21. The van der Waals surface area contributed by atoms with Crippen LogP contribution in [-0.2, 0) is 14.8 Å². The maximum absolute atomic E-state index is 12.7. The Kier molecular flexibility index (Phi) is 4.79. The molecule has 2 heterocycles. The van der Waals surface area contributed by atoms with Gasteiger partial charge in [-0.2, -0.15) is 0 Å². The molecule has 1 fully saturated rings. The molecule has 3 rings (SSSR count). The van der Waals surface area contributed by atoms with Gasteiger partial charge in [-0.1, -0.05) is 33.6 Å². The maximum Gasteiger partial charge on any atom is 0.256 e. The van der Waals surface area contributed by atoms with Gasteiger partial charge in [0, 0.05) is 18.8 Å². The van der Waals surface area contributed by atoms with Crippen molar-refractivity contribution in [3.63, 3.8) is 0 Å². The van der Waals surface area contributed by atoms with Crippen LogP contribution in [0.25, 0.3) is 0 Å². The Morgan fingerprint density at radius 2 is 1.96 bits per heavy atom. The van der Waals surface area contributed by atoms with Crippen LogP contribution in [0.2, 0.25) is 0 Å². The highest BCUT2D eigenvalue weighted by molar-refractivity contribution is 7.90. The molecule has 3 aliphatic rings. The van der Waals surface area contributed by atoms with Crippen molar-refractivity contribution in [1.82, 2.24) is 10.2 Å². The van der Waals surface area contributed by atoms with Gasteiger partial charge in [-0.05, 0) is 36.3 Å². The van der Waals surface area contributed by atoms with Gasteiger partial charge < -0.3 is 10.2 Å². The smallest absolute Gasteiger partial charge is 0.256 e. The summed E-state index contributed by atoms with van der Waals surface area (Å²) >= 11 is 0. The molecule has 0 aromatic carbocycles. The summed E-state index contributed by atoms with van der Waals surface area (Å²) in [5.74, 6) is 0.735. The minimum absolute atomic E-state index is 0.0234. The Morgan fingerprint density at radius 1 is 1.24 bits per heavy atom. The van der Waals surface area contributed by atoms with Crippen LogP contribution in [0.5, 0.6) is 0 Å². The van der Waals surface area contributed by atoms with Gasteiger partial charge >= 0.3 is 0 Å². The molecular weight excluding hydrogens is 338 g/mol. The Labute approximate surface area is 150 Å². The van der Waals surface area contributed by atoms with Crippen molar-refractivity contribution in [2.24, 2.45) is 15.7 Å². The summed E-state index contributed by atoms with van der Waals surface area (Å²) in [5, 5.41) is 3.21. The molecule has 0 saturated heterocycles. The second kappa shape index (κ2) is 6.59. The fraction of sp³-hybridized carbons (Fsp3) is 0.667. The lowest BCUT2D eigenvalue weighted by molar-refractivity contribution is -0.118. The van der Waals surface area contributed by atoms with Crippen LogP contribution >= 0.6 is 0 Å². The molecule has 7 heteroatoms. The Morgan fingerprint density at radius 3 is 2.68 bits per heavy atom. The topological polar surface area (TPSA) is 78.8 Å². The average Bonchev–Trinajstić information content (AvgIpc) is 2.53. The quantitative estimate of drug-likeness (QED) is 0.814. The Balaban J connectivity index is 1.72. The number of fused-ring (bicyclic) bond motifs is 1. The van der Waals surface area contributed by atoms with Gasteiger partial charge in [0.25, 0.3) is 15.9 Å². The summed E-state index contributed by atoms with van der Waals surface area (Å²) in [6.07, 6.45) is 9.49. The summed E-state index contributed by atoms with van der Waals surface area (Å²) < 4.78 is 26.9. The first-order valence-corrected chi connectivity index (χ1v) is 10.6. The summed E-state index contributed by atoms with van der Waals surface area (Å²) in [6, 6.07) is 0.187. The number of nitrogens with zero attached hydrogens (tertiary/aromatic N) is 2. The van der Waals surface area contributed by atoms with E-state index in [9.17, 15) is 13.2 Å². The number of amides is 1. The first-order chi connectivity index (χ1) is 11.7. The molecular formula is C18H27N3O3S. The standard InChI is InChI=1S/C18H27N3O3S/c1-18(2,3)14-6-4-5-7-15(14)19-17(22)13-8-9-16-20-25(23,24)11-10-21(16)12-13/h8-9,12,14-15H,4-7,10-11H2,1-3H3,(H,19,22)/t14-,15+/m1/s1. The molecule has 1 amide bonds. The van der Waals surface area contributed by atoms with Crippen LogP contribution in [0.4, 0.5) is 0 Å². The molecule has 0 radical (unpaired) electrons. The van der Waals surface area contributed by atoms with Crippen molar-refractivity contribution in [1.29, 1.82) is 0 Å². The maximum atomic E-state index is 12.7. The lowest BCUT2D eigenvalue weighted by atomic mass is 9.69. The second-order valence-corrected chi connectivity index (χ2v) is 9.94. The molecule has 1 N–H and O–H groups in total. The van der Waals surface area contributed by atoms with Crippen LogP contribution < -0.4 is 5.32 Å². The zero-order valence-corrected chi connectivity index (χ0v) is 16.0. The van der Waals surface area contributed by atoms with Gasteiger partial charge in [0.1, 0.15) is 5.84 Å². The van der Waals surface area contributed by atoms with E-state index in [4.69, 9.17) is 0 Å². The highest BCUT2D eigenvalue weighted by atomic mass is 32.2. The number of hydrogen-bond donors (Lipinski definition) is 1. The van der Waals surface area contributed by atoms with Crippen LogP contribution in [0, 0.1) is 11.3 Å². The SMILES string of the molecule is CC(C)(C)[C@@H]1CCCC[C@@H]1NC(=O)C1=CN2CCS(=O)(=O)N=C2C=C1. The van der Waals surface area contributed by atoms with E-state index in [1.807, 2.05) is 0 Å². The van der Waals surface area contributed by atoms with Crippen molar-refractivity contribution in [3.05, 3.63) is 23.9 Å². The van der Waals surface area contributed by atoms with E-state index in [0.29, 0.717) is 23.9 Å². The Bertz CT molecular complexity index is 744. The number of carbonyl (C=O) groups excluding carboxylic acids is 1. The number of hydrogen-bond acceptors (Lipinski definition) is 4. The third-order valence-corrected chi connectivity index (χ3v) is 6.44. The third kappa shape index (κ3) is 4.14. The van der Waals surface area contributed by atoms with Crippen molar-refractivity contribution >= 4 is 21.8 Å². The molecule has 2 atom stereocenters. The lowest BCUT2D eigenvalue weighted by Crippen LogP contribution is -2.47. The van der Waals surface area contributed by atoms with E-state index in [-0.39, 0.29) is 23.1 Å². The van der Waals surface area contributed by atoms with Gasteiger partial charge in [-0.3, -0.25) is 4.79 Å². The summed E-state index contributed by atoms with van der Waals surface area (Å²) in [7, 11) is -3.37. The second-order valence-electron chi connectivity index (χ2n) is 8.18. The predicted molar refractivity (Wildman–Crippen MR) is 98.5 cm³/mol. The van der Waals surface area contributed by atoms with Crippen molar-refractivity contribution in [3.8, 4) is 0 Å². The van der Waals surface area contributed by atoms with Crippen LogP contribution in [0.1, 0.15) is 46.5 Å². The van der Waals surface area contributed by atoms with Crippen LogP contribution in [0.3, 0.4) is 0 Å². The Hall–Kier alpha value is -1.63. The normalized spacial score (nSPS) is 28.7. The number of amidine groups is 1. The summed E-state index contributed by atoms with van der Waals surface area (Å²) in [6.45, 7) is 7.03. The minimum Gasteiger partial charge on any atom is -0.349 e. The minimum atomic E-state index is -3.37. The number of sulfonamides is 1. The molecule has 0 aromatic rings. The molecule has 1 saturated carbocycles. The monoisotopic (exact) mass is 365 g/mol. The van der Waals surface area contributed by atoms with E-state index in [0.717, 1.165) is 19.3 Å². The van der Waals surface area contributed by atoms with Crippen molar-refractivity contribution in [2.75, 3.05) is 12.3 Å². The number of rotatable bonds is 2. The zero-order valence-electron chi connectivity index (χ0n) is 15.2. The molecule has 25 heavy (non-hydrogen) atoms. The van der Waals surface area contributed by atoms with Gasteiger partial charge in [-0.25, -0.2) is 8.42 Å². The van der Waals surface area contributed by atoms with Crippen LogP contribution in [0.15, 0.2) is 28.3 Å². The molecule has 0 spiro atoms. The lowest BCUT2D eigenvalue weighted by Gasteiger charge is -2.41. The fourth-order valence-electron chi connectivity index (χ4n) is 3.93. The highest BCUT2D eigenvalue weighted by Gasteiger charge is 2.35. The van der Waals surface area contributed by atoms with Gasteiger partial charge in [-0.15, -0.1) is 4.40 Å². The molecule has 2 aliphatic heterocycles. The number of nitrogens with one attached hydrogen (secondary N) is 1. The van der Waals surface area contributed by atoms with Crippen molar-refractivity contribution < 1.29 is 13.2 Å². The number of carbonyl (C=O) groups is 1. The molecule has 1 aliphatic carbocycles. The molecule has 0 bridgehead atoms. The average molecular weight is 365 g/mol. The largest absolute Gasteiger partial charge is 0.349 e. The van der Waals surface area contributed by atoms with E-state index >= 15 is 0 Å². The van der Waals surface area contributed by atoms with E-state index in [1.165, 1.54) is 6.42 Å². The zero-order chi connectivity index (χ0) is 18.2. The van der Waals surface area contributed by atoms with Crippen molar-refractivity contribution in [2.45, 2.75) is 52.5 Å². The fourth-order valence-corrected chi connectivity index (χ4v) is 4.90. The molecule has 0 aromatic heterocycles. The van der Waals surface area contributed by atoms with Gasteiger partial charge in [0.05, 0.1) is 11.3 Å². The highest BCUT2D eigenvalue weighted by Crippen LogP contribution is 2.38. The molecule has 138 valence electrons. The van der Waals surface area contributed by atoms with E-state index in [1.54, 1.807) is 23.3 Å². The molecule has 0 unspecified atom stereocenters. The summed E-state index contributed by atoms with van der Waals surface area (Å²) in [5.41, 5.74) is 0.715. The molecule has 6 nitrogen and oxygen atoms in total. The van der Waals surface area contributed by atoms with E-state index in [2.05, 4.69) is 30.5 Å². The van der Waals surface area contributed by atoms with Gasteiger partial charge in [0.15, 0.2) is 0 Å². The van der Waals surface area contributed by atoms with Gasteiger partial charge in [0.2, 0.25) is 0 Å². The first kappa shape index (κ1) is 18.2. The third-order valence-electron chi connectivity index (χ3n) is 5.28. The first-order valence-electron chi connectivity index (χ1n) is 8.96. The summed E-state index contributed by atoms with van der Waals surface area (Å²) in [4.78, 5) is 14.5. The van der Waals surface area contributed by atoms with Crippen LogP contribution in [-0.4, -0.2) is 43.4 Å².